The Kier molecular flexibility index (Phi) is 12.4. The molecule has 2 saturated heterocycles. The van der Waals surface area contributed by atoms with Crippen LogP contribution in [0.5, 0.6) is 0 Å². The molecular weight excluding hydrogens is 530 g/mol. The van der Waals surface area contributed by atoms with Crippen LogP contribution >= 0.6 is 0 Å². The van der Waals surface area contributed by atoms with E-state index in [1.54, 1.807) is 7.05 Å². The first-order valence-corrected chi connectivity index (χ1v) is 13.8. The summed E-state index contributed by atoms with van der Waals surface area (Å²) in [6.45, 7) is 2.12. The lowest BCUT2D eigenvalue weighted by atomic mass is 9.83. The third-order valence-electron chi connectivity index (χ3n) is 7.75. The van der Waals surface area contributed by atoms with Crippen molar-refractivity contribution in [3.63, 3.8) is 0 Å². The molecule has 15 N–H and O–H groups in total. The second kappa shape index (κ2) is 14.9. The lowest BCUT2D eigenvalue weighted by Crippen LogP contribution is -2.67. The van der Waals surface area contributed by atoms with Crippen LogP contribution in [0.15, 0.2) is 4.99 Å². The van der Waals surface area contributed by atoms with Crippen molar-refractivity contribution in [2.45, 2.75) is 105 Å². The molecule has 13 atom stereocenters. The summed E-state index contributed by atoms with van der Waals surface area (Å²) >= 11 is 0. The maximum absolute atomic E-state index is 11.5. The van der Waals surface area contributed by atoms with Crippen molar-refractivity contribution < 1.29 is 44.5 Å². The number of hydrogen-bond acceptors (Lipinski definition) is 15. The highest BCUT2D eigenvalue weighted by molar-refractivity contribution is 5.85. The molecule has 234 valence electrons. The summed E-state index contributed by atoms with van der Waals surface area (Å²) in [6, 6.07) is -2.87. The maximum atomic E-state index is 11.5. The zero-order chi connectivity index (χ0) is 29.6. The molecule has 2 heterocycles. The summed E-state index contributed by atoms with van der Waals surface area (Å²) in [5, 5.41) is 58.1. The summed E-state index contributed by atoms with van der Waals surface area (Å²) in [7, 11) is 1.59. The quantitative estimate of drug-likeness (QED) is 0.0584. The second-order valence-corrected chi connectivity index (χ2v) is 11.1. The summed E-state index contributed by atoms with van der Waals surface area (Å²) < 4.78 is 23.9. The van der Waals surface area contributed by atoms with E-state index in [0.717, 1.165) is 0 Å². The van der Waals surface area contributed by atoms with E-state index in [1.165, 1.54) is 6.92 Å². The number of aliphatic hydroxyl groups excluding tert-OH is 4. The average molecular weight is 580 g/mol. The van der Waals surface area contributed by atoms with E-state index in [0.29, 0.717) is 25.9 Å². The van der Waals surface area contributed by atoms with E-state index in [4.69, 9.17) is 47.0 Å². The minimum absolute atomic E-state index is 0.000836. The molecule has 0 aromatic heterocycles. The Morgan fingerprint density at radius 2 is 1.82 bits per heavy atom. The molecule has 2 aliphatic heterocycles. The van der Waals surface area contributed by atoms with Crippen molar-refractivity contribution in [2.75, 3.05) is 39.9 Å². The fourth-order valence-corrected chi connectivity index (χ4v) is 5.47. The molecule has 13 unspecified atom stereocenters. The predicted molar refractivity (Wildman–Crippen MR) is 144 cm³/mol. The van der Waals surface area contributed by atoms with Gasteiger partial charge >= 0.3 is 0 Å². The highest BCUT2D eigenvalue weighted by Crippen LogP contribution is 2.33. The molecule has 40 heavy (non-hydrogen) atoms. The first-order valence-electron chi connectivity index (χ1n) is 13.8. The number of amidine groups is 1. The van der Waals surface area contributed by atoms with Crippen LogP contribution < -0.4 is 33.6 Å². The van der Waals surface area contributed by atoms with Crippen molar-refractivity contribution in [2.24, 2.45) is 27.9 Å². The minimum Gasteiger partial charge on any atom is -0.395 e. The van der Waals surface area contributed by atoms with Crippen molar-refractivity contribution in [3.05, 3.63) is 0 Å². The molecule has 16 nitrogen and oxygen atoms in total. The van der Waals surface area contributed by atoms with Gasteiger partial charge in [-0.05, 0) is 33.2 Å². The van der Waals surface area contributed by atoms with Gasteiger partial charge in [0, 0.05) is 25.7 Å². The van der Waals surface area contributed by atoms with Crippen LogP contribution in [-0.2, 0) is 18.9 Å². The Balaban J connectivity index is 1.81. The van der Waals surface area contributed by atoms with Gasteiger partial charge in [0.2, 0.25) is 0 Å². The van der Waals surface area contributed by atoms with Gasteiger partial charge in [-0.3, -0.25) is 4.99 Å². The molecule has 16 heteroatoms. The zero-order valence-corrected chi connectivity index (χ0v) is 23.2. The molecule has 0 aromatic rings. The van der Waals surface area contributed by atoms with E-state index in [1.807, 2.05) is 0 Å². The van der Waals surface area contributed by atoms with Gasteiger partial charge in [0.15, 0.2) is 12.6 Å². The normalized spacial score (nSPS) is 44.0. The van der Waals surface area contributed by atoms with Gasteiger partial charge in [0.25, 0.3) is 0 Å². The van der Waals surface area contributed by atoms with Crippen molar-refractivity contribution in [3.8, 4) is 0 Å². The lowest BCUT2D eigenvalue weighted by molar-refractivity contribution is -0.306. The number of aliphatic imine (C=N–C) groups is 1. The summed E-state index contributed by atoms with van der Waals surface area (Å²) in [5.41, 5.74) is 22.8. The number of rotatable bonds is 12. The molecule has 3 fully saturated rings. The van der Waals surface area contributed by atoms with Crippen molar-refractivity contribution >= 4 is 5.84 Å². The topological polar surface area (TPSA) is 279 Å². The van der Waals surface area contributed by atoms with Crippen LogP contribution in [0.25, 0.3) is 0 Å². The zero-order valence-electron chi connectivity index (χ0n) is 23.2. The molecular formula is C24H49N7O9. The first kappa shape index (κ1) is 33.4. The summed E-state index contributed by atoms with van der Waals surface area (Å²) in [5.74, 6) is -0.156. The van der Waals surface area contributed by atoms with Crippen LogP contribution in [0.2, 0.25) is 0 Å². The number of nitrogens with one attached hydrogen (secondary N) is 2. The van der Waals surface area contributed by atoms with Gasteiger partial charge in [0.05, 0.1) is 37.4 Å². The van der Waals surface area contributed by atoms with Crippen LogP contribution in [0, 0.1) is 0 Å². The number of ether oxygens (including phenoxy) is 4. The smallest absolute Gasteiger partial charge is 0.185 e. The Labute approximate surface area is 234 Å². The Morgan fingerprint density at radius 1 is 1.12 bits per heavy atom. The molecule has 1 aliphatic carbocycles. The van der Waals surface area contributed by atoms with Gasteiger partial charge < -0.3 is 78.0 Å². The summed E-state index contributed by atoms with van der Waals surface area (Å²) in [6.07, 6.45) is -6.96. The van der Waals surface area contributed by atoms with Crippen LogP contribution in [0.1, 0.15) is 26.2 Å². The minimum atomic E-state index is -1.39. The van der Waals surface area contributed by atoms with Crippen LogP contribution in [0.4, 0.5) is 0 Å². The van der Waals surface area contributed by atoms with Crippen LogP contribution in [-0.4, -0.2) is 150 Å². The molecule has 0 radical (unpaired) electrons. The van der Waals surface area contributed by atoms with E-state index in [-0.39, 0.29) is 38.1 Å². The molecule has 0 aromatic carbocycles. The SMILES string of the molecule is CNC1C(O)C(OC2C(N=C(N)C(O)CN)CC(N)C(OC3OC(CNCCO)CCC3N)C2O)OCC1(C)O. The predicted octanol–water partition coefficient (Wildman–Crippen LogP) is -5.64. The number of aliphatic hydroxyl groups is 5. The van der Waals surface area contributed by atoms with E-state index in [9.17, 15) is 20.4 Å². The number of hydrogen-bond donors (Lipinski definition) is 11. The number of nitrogens with zero attached hydrogens (tertiary/aromatic N) is 1. The average Bonchev–Trinajstić information content (AvgIpc) is 2.91. The molecule has 0 amide bonds. The Hall–Kier alpha value is -1.09. The molecule has 1 saturated carbocycles. The van der Waals surface area contributed by atoms with Gasteiger partial charge in [-0.25, -0.2) is 0 Å². The van der Waals surface area contributed by atoms with Crippen molar-refractivity contribution in [1.82, 2.24) is 10.6 Å². The number of likely N-dealkylation sites (N-methyl/N-ethyl adjacent to an activating group) is 1. The molecule has 0 bridgehead atoms. The van der Waals surface area contributed by atoms with E-state index in [2.05, 4.69) is 15.6 Å². The van der Waals surface area contributed by atoms with Gasteiger partial charge in [0.1, 0.15) is 42.0 Å². The highest BCUT2D eigenvalue weighted by atomic mass is 16.7. The standard InChI is InChI=1S/C24H49N7O9/c1-24(36)10-37-23(17(35)20(24)29-2)40-19-14(31-21(28)15(33)8-25)7-13(27)18(16(19)34)39-22-12(26)4-3-11(38-22)9-30-5-6-32/h11-20,22-23,29-30,32-36H,3-10,25-27H2,1-2H3,(H2,28,31). The Morgan fingerprint density at radius 3 is 2.48 bits per heavy atom. The summed E-state index contributed by atoms with van der Waals surface area (Å²) in [4.78, 5) is 4.35. The van der Waals surface area contributed by atoms with Gasteiger partial charge in [-0.1, -0.05) is 0 Å². The monoisotopic (exact) mass is 579 g/mol. The van der Waals surface area contributed by atoms with Gasteiger partial charge in [-0.15, -0.1) is 0 Å². The maximum Gasteiger partial charge on any atom is 0.185 e. The molecule has 3 aliphatic rings. The van der Waals surface area contributed by atoms with E-state index < -0.39 is 72.9 Å². The second-order valence-electron chi connectivity index (χ2n) is 11.1. The third-order valence-corrected chi connectivity index (χ3v) is 7.75. The largest absolute Gasteiger partial charge is 0.395 e. The third kappa shape index (κ3) is 8.05. The highest BCUT2D eigenvalue weighted by Gasteiger charge is 2.51. The fourth-order valence-electron chi connectivity index (χ4n) is 5.47. The molecule has 0 spiro atoms. The van der Waals surface area contributed by atoms with E-state index >= 15 is 0 Å². The van der Waals surface area contributed by atoms with Crippen LogP contribution in [0.3, 0.4) is 0 Å². The van der Waals surface area contributed by atoms with Crippen molar-refractivity contribution in [1.29, 1.82) is 0 Å². The van der Waals surface area contributed by atoms with Gasteiger partial charge in [-0.2, -0.15) is 0 Å². The Bertz CT molecular complexity index is 813. The lowest BCUT2D eigenvalue weighted by Gasteiger charge is -2.48. The fraction of sp³-hybridized carbons (Fsp3) is 0.958. The number of nitrogens with two attached hydrogens (primary N) is 4. The first-order chi connectivity index (χ1) is 18.9. The molecule has 3 rings (SSSR count).